The SMILES string of the molecule is CCOC(=O)[C@H](CCc1ccccc1)NC(C)C(=O)N1CC2OCCC2C[C@H]1C(=O)O. The highest BCUT2D eigenvalue weighted by atomic mass is 16.5. The number of piperidine rings is 1. The molecule has 0 saturated carbocycles. The number of likely N-dealkylation sites (tertiary alicyclic amines) is 1. The van der Waals surface area contributed by atoms with E-state index in [2.05, 4.69) is 5.32 Å². The van der Waals surface area contributed by atoms with Gasteiger partial charge < -0.3 is 19.5 Å². The van der Waals surface area contributed by atoms with Gasteiger partial charge in [0.1, 0.15) is 12.1 Å². The average Bonchev–Trinajstić information content (AvgIpc) is 3.23. The molecular formula is C23H32N2O6. The normalized spacial score (nSPS) is 24.8. The Morgan fingerprint density at radius 1 is 1.29 bits per heavy atom. The molecule has 2 aliphatic rings. The fourth-order valence-electron chi connectivity index (χ4n) is 4.47. The zero-order valence-corrected chi connectivity index (χ0v) is 18.2. The average molecular weight is 433 g/mol. The molecule has 2 N–H and O–H groups in total. The summed E-state index contributed by atoms with van der Waals surface area (Å²) in [5.74, 6) is -1.58. The van der Waals surface area contributed by atoms with Gasteiger partial charge in [0.05, 0.1) is 18.8 Å². The minimum Gasteiger partial charge on any atom is -0.480 e. The van der Waals surface area contributed by atoms with Gasteiger partial charge in [-0.05, 0) is 51.0 Å². The zero-order valence-electron chi connectivity index (χ0n) is 18.2. The number of rotatable bonds is 9. The van der Waals surface area contributed by atoms with Crippen LogP contribution in [-0.2, 0) is 30.3 Å². The van der Waals surface area contributed by atoms with Crippen LogP contribution in [0.2, 0.25) is 0 Å². The number of ether oxygens (including phenoxy) is 2. The first-order chi connectivity index (χ1) is 14.9. The second-order valence-electron chi connectivity index (χ2n) is 8.26. The molecule has 31 heavy (non-hydrogen) atoms. The number of esters is 1. The third kappa shape index (κ3) is 5.83. The van der Waals surface area contributed by atoms with Crippen LogP contribution in [0.4, 0.5) is 0 Å². The third-order valence-electron chi connectivity index (χ3n) is 6.15. The maximum Gasteiger partial charge on any atom is 0.326 e. The predicted octanol–water partition coefficient (Wildman–Crippen LogP) is 1.62. The predicted molar refractivity (Wildman–Crippen MR) is 113 cm³/mol. The number of benzene rings is 1. The molecule has 0 aliphatic carbocycles. The van der Waals surface area contributed by atoms with E-state index in [1.165, 1.54) is 4.90 Å². The molecule has 1 aromatic rings. The number of aliphatic carboxylic acids is 1. The first-order valence-corrected chi connectivity index (χ1v) is 11.0. The fourth-order valence-corrected chi connectivity index (χ4v) is 4.47. The lowest BCUT2D eigenvalue weighted by Gasteiger charge is -2.40. The van der Waals surface area contributed by atoms with Crippen molar-refractivity contribution in [2.24, 2.45) is 5.92 Å². The molecule has 5 atom stereocenters. The summed E-state index contributed by atoms with van der Waals surface area (Å²) in [6.07, 6.45) is 2.22. The van der Waals surface area contributed by atoms with E-state index >= 15 is 0 Å². The summed E-state index contributed by atoms with van der Waals surface area (Å²) < 4.78 is 10.9. The molecule has 8 nitrogen and oxygen atoms in total. The van der Waals surface area contributed by atoms with Crippen LogP contribution in [0.25, 0.3) is 0 Å². The molecule has 0 aromatic heterocycles. The molecule has 8 heteroatoms. The molecule has 0 bridgehead atoms. The number of nitrogens with zero attached hydrogens (tertiary/aromatic N) is 1. The topological polar surface area (TPSA) is 105 Å². The van der Waals surface area contributed by atoms with Gasteiger partial charge in [0.25, 0.3) is 0 Å². The van der Waals surface area contributed by atoms with Gasteiger partial charge in [-0.1, -0.05) is 30.3 Å². The van der Waals surface area contributed by atoms with Gasteiger partial charge in [0, 0.05) is 13.2 Å². The number of fused-ring (bicyclic) bond motifs is 1. The Balaban J connectivity index is 1.67. The van der Waals surface area contributed by atoms with E-state index in [-0.39, 0.29) is 31.1 Å². The number of amides is 1. The van der Waals surface area contributed by atoms with E-state index in [0.29, 0.717) is 25.9 Å². The van der Waals surface area contributed by atoms with Gasteiger partial charge >= 0.3 is 11.9 Å². The lowest BCUT2D eigenvalue weighted by atomic mass is 9.87. The molecule has 2 fully saturated rings. The van der Waals surface area contributed by atoms with Crippen molar-refractivity contribution in [3.05, 3.63) is 35.9 Å². The highest BCUT2D eigenvalue weighted by molar-refractivity contribution is 5.88. The number of nitrogens with one attached hydrogen (secondary N) is 1. The Kier molecular flexibility index (Phi) is 8.03. The number of hydrogen-bond acceptors (Lipinski definition) is 6. The van der Waals surface area contributed by atoms with E-state index in [1.54, 1.807) is 13.8 Å². The maximum absolute atomic E-state index is 13.2. The van der Waals surface area contributed by atoms with Crippen LogP contribution in [0.5, 0.6) is 0 Å². The molecule has 0 radical (unpaired) electrons. The molecule has 2 saturated heterocycles. The molecule has 2 aliphatic heterocycles. The van der Waals surface area contributed by atoms with Crippen LogP contribution in [0.1, 0.15) is 38.7 Å². The van der Waals surface area contributed by atoms with Gasteiger partial charge in [-0.2, -0.15) is 0 Å². The van der Waals surface area contributed by atoms with E-state index in [4.69, 9.17) is 9.47 Å². The first kappa shape index (κ1) is 23.2. The molecule has 1 aromatic carbocycles. The summed E-state index contributed by atoms with van der Waals surface area (Å²) in [6.45, 7) is 4.52. The highest BCUT2D eigenvalue weighted by Crippen LogP contribution is 2.33. The summed E-state index contributed by atoms with van der Waals surface area (Å²) in [7, 11) is 0. The maximum atomic E-state index is 13.2. The van der Waals surface area contributed by atoms with Crippen LogP contribution in [0.15, 0.2) is 30.3 Å². The summed E-state index contributed by atoms with van der Waals surface area (Å²) in [4.78, 5) is 38.9. The van der Waals surface area contributed by atoms with Gasteiger partial charge in [-0.3, -0.25) is 14.9 Å². The number of aryl methyl sites for hydroxylation is 1. The summed E-state index contributed by atoms with van der Waals surface area (Å²) in [5.41, 5.74) is 1.09. The van der Waals surface area contributed by atoms with Gasteiger partial charge in [-0.25, -0.2) is 4.79 Å². The summed E-state index contributed by atoms with van der Waals surface area (Å²) in [5, 5.41) is 12.8. The van der Waals surface area contributed by atoms with Crippen molar-refractivity contribution in [3.8, 4) is 0 Å². The zero-order chi connectivity index (χ0) is 22.4. The summed E-state index contributed by atoms with van der Waals surface area (Å²) >= 11 is 0. The van der Waals surface area contributed by atoms with Crippen molar-refractivity contribution >= 4 is 17.8 Å². The van der Waals surface area contributed by atoms with Crippen LogP contribution in [0.3, 0.4) is 0 Å². The second-order valence-corrected chi connectivity index (χ2v) is 8.26. The summed E-state index contributed by atoms with van der Waals surface area (Å²) in [6, 6.07) is 7.52. The second kappa shape index (κ2) is 10.7. The standard InChI is InChI=1S/C23H32N2O6/c1-3-30-23(29)18(10-9-16-7-5-4-6-8-16)24-15(2)21(26)25-14-20-17(11-12-31-20)13-19(25)22(27)28/h4-8,15,17-20,24H,3,9-14H2,1-2H3,(H,27,28)/t15?,17?,18-,19-,20?/m0/s1. The van der Waals surface area contributed by atoms with Crippen LogP contribution < -0.4 is 5.32 Å². The Hall–Kier alpha value is -2.45. The van der Waals surface area contributed by atoms with E-state index in [9.17, 15) is 19.5 Å². The van der Waals surface area contributed by atoms with Crippen LogP contribution in [0, 0.1) is 5.92 Å². The van der Waals surface area contributed by atoms with Crippen molar-refractivity contribution < 1.29 is 29.0 Å². The molecule has 3 unspecified atom stereocenters. The van der Waals surface area contributed by atoms with Crippen molar-refractivity contribution in [1.82, 2.24) is 10.2 Å². The number of carbonyl (C=O) groups is 3. The monoisotopic (exact) mass is 432 g/mol. The minimum atomic E-state index is -1.00. The number of hydrogen-bond donors (Lipinski definition) is 2. The Morgan fingerprint density at radius 3 is 2.71 bits per heavy atom. The molecule has 3 rings (SSSR count). The molecule has 170 valence electrons. The van der Waals surface area contributed by atoms with Crippen LogP contribution >= 0.6 is 0 Å². The van der Waals surface area contributed by atoms with Crippen LogP contribution in [-0.4, -0.2) is 71.8 Å². The molecule has 2 heterocycles. The minimum absolute atomic E-state index is 0.120. The quantitative estimate of drug-likeness (QED) is 0.571. The van der Waals surface area contributed by atoms with Crippen molar-refractivity contribution in [3.63, 3.8) is 0 Å². The number of carboxylic acids is 1. The molecular weight excluding hydrogens is 400 g/mol. The first-order valence-electron chi connectivity index (χ1n) is 11.0. The largest absolute Gasteiger partial charge is 0.480 e. The lowest BCUT2D eigenvalue weighted by Crippen LogP contribution is -2.59. The fraction of sp³-hybridized carbons (Fsp3) is 0.609. The van der Waals surface area contributed by atoms with Crippen molar-refractivity contribution in [1.29, 1.82) is 0 Å². The van der Waals surface area contributed by atoms with Gasteiger partial charge in [0.2, 0.25) is 5.91 Å². The lowest BCUT2D eigenvalue weighted by molar-refractivity contribution is -0.157. The number of carbonyl (C=O) groups excluding carboxylic acids is 2. The smallest absolute Gasteiger partial charge is 0.326 e. The Bertz CT molecular complexity index is 771. The van der Waals surface area contributed by atoms with Gasteiger partial charge in [0.15, 0.2) is 0 Å². The number of carboxylic acid groups (broad SMARTS) is 1. The van der Waals surface area contributed by atoms with Crippen molar-refractivity contribution in [2.75, 3.05) is 19.8 Å². The highest BCUT2D eigenvalue weighted by Gasteiger charge is 2.45. The molecule has 0 spiro atoms. The Labute approximate surface area is 182 Å². The van der Waals surface area contributed by atoms with E-state index in [1.807, 2.05) is 30.3 Å². The van der Waals surface area contributed by atoms with E-state index < -0.39 is 30.1 Å². The van der Waals surface area contributed by atoms with Crippen molar-refractivity contribution in [2.45, 2.75) is 63.8 Å². The molecule has 1 amide bonds. The Morgan fingerprint density at radius 2 is 2.03 bits per heavy atom. The van der Waals surface area contributed by atoms with E-state index in [0.717, 1.165) is 12.0 Å². The third-order valence-corrected chi connectivity index (χ3v) is 6.15. The van der Waals surface area contributed by atoms with Gasteiger partial charge in [-0.15, -0.1) is 0 Å².